The van der Waals surface area contributed by atoms with Gasteiger partial charge in [-0.2, -0.15) is 10.2 Å². The van der Waals surface area contributed by atoms with Crippen molar-refractivity contribution in [3.05, 3.63) is 0 Å². The fraction of sp³-hybridized carbons (Fsp3) is 0.667. The van der Waals surface area contributed by atoms with E-state index in [1.54, 1.807) is 0 Å². The summed E-state index contributed by atoms with van der Waals surface area (Å²) in [7, 11) is 0. The van der Waals surface area contributed by atoms with Crippen molar-refractivity contribution in [2.75, 3.05) is 0 Å². The van der Waals surface area contributed by atoms with Gasteiger partial charge in [0.2, 0.25) is 0 Å². The quantitative estimate of drug-likeness (QED) is 0.393. The molecule has 0 fully saturated rings. The highest BCUT2D eigenvalue weighted by atomic mass is 15.2. The minimum absolute atomic E-state index is 1.03. The van der Waals surface area contributed by atoms with Crippen LogP contribution in [0.25, 0.3) is 0 Å². The number of hydrogen-bond donors (Lipinski definition) is 0. The van der Waals surface area contributed by atoms with Gasteiger partial charge < -0.3 is 0 Å². The maximum absolute atomic E-state index is 3.74. The van der Waals surface area contributed by atoms with Gasteiger partial charge in [0.15, 0.2) is 0 Å². The minimum atomic E-state index is 1.03. The van der Waals surface area contributed by atoms with Gasteiger partial charge in [0.05, 0.1) is 0 Å². The molecule has 0 aliphatic heterocycles. The zero-order chi connectivity index (χ0) is 6.41. The van der Waals surface area contributed by atoms with Crippen molar-refractivity contribution in [1.82, 2.24) is 0 Å². The van der Waals surface area contributed by atoms with Gasteiger partial charge in [-0.05, 0) is 13.3 Å². The Kier molecular flexibility index (Phi) is 4.13. The van der Waals surface area contributed by atoms with Gasteiger partial charge in [0.1, 0.15) is 0 Å². The molecule has 0 aliphatic carbocycles. The molecule has 0 spiro atoms. The highest BCUT2D eigenvalue weighted by Gasteiger charge is 1.84. The third kappa shape index (κ3) is 3.53. The van der Waals surface area contributed by atoms with Gasteiger partial charge >= 0.3 is 0 Å². The lowest BCUT2D eigenvalue weighted by Crippen LogP contribution is -1.86. The van der Waals surface area contributed by atoms with Crippen LogP contribution in [0.1, 0.15) is 26.7 Å². The Morgan fingerprint density at radius 2 is 2.25 bits per heavy atom. The van der Waals surface area contributed by atoms with Gasteiger partial charge in [-0.15, -0.1) is 0 Å². The molecule has 0 heterocycles. The minimum Gasteiger partial charge on any atom is -0.167 e. The largest absolute Gasteiger partial charge is 0.167 e. The monoisotopic (exact) mass is 112 g/mol. The van der Waals surface area contributed by atoms with Gasteiger partial charge in [-0.3, -0.25) is 0 Å². The second-order valence-electron chi connectivity index (χ2n) is 1.73. The summed E-state index contributed by atoms with van der Waals surface area (Å²) in [6.45, 7) is 7.32. The van der Waals surface area contributed by atoms with Crippen LogP contribution in [-0.4, -0.2) is 12.4 Å². The van der Waals surface area contributed by atoms with Crippen LogP contribution in [-0.2, 0) is 0 Å². The highest BCUT2D eigenvalue weighted by Crippen LogP contribution is 1.90. The van der Waals surface area contributed by atoms with Crippen LogP contribution in [0.2, 0.25) is 0 Å². The first-order chi connectivity index (χ1) is 3.81. The van der Waals surface area contributed by atoms with Crippen LogP contribution < -0.4 is 0 Å². The summed E-state index contributed by atoms with van der Waals surface area (Å²) in [5.74, 6) is 0. The number of rotatable bonds is 3. The van der Waals surface area contributed by atoms with Crippen molar-refractivity contribution in [2.45, 2.75) is 26.7 Å². The molecule has 0 bridgehead atoms. The Labute approximate surface area is 50.3 Å². The average molecular weight is 112 g/mol. The zero-order valence-electron chi connectivity index (χ0n) is 5.52. The Morgan fingerprint density at radius 3 is 2.62 bits per heavy atom. The second-order valence-corrected chi connectivity index (χ2v) is 1.73. The molecule has 0 aromatic rings. The van der Waals surface area contributed by atoms with Crippen LogP contribution >= 0.6 is 0 Å². The SMILES string of the molecule is C=N/N=C(/C)CCC. The lowest BCUT2D eigenvalue weighted by Gasteiger charge is -1.89. The van der Waals surface area contributed by atoms with Crippen molar-refractivity contribution in [2.24, 2.45) is 10.2 Å². The van der Waals surface area contributed by atoms with E-state index in [4.69, 9.17) is 0 Å². The molecule has 0 saturated carbocycles. The molecule has 2 nitrogen and oxygen atoms in total. The van der Waals surface area contributed by atoms with E-state index in [0.717, 1.165) is 18.6 Å². The molecule has 0 atom stereocenters. The van der Waals surface area contributed by atoms with Gasteiger partial charge in [-0.25, -0.2) is 0 Å². The fourth-order valence-corrected chi connectivity index (χ4v) is 0.533. The maximum Gasteiger partial charge on any atom is 0.0374 e. The summed E-state index contributed by atoms with van der Waals surface area (Å²) in [5.41, 5.74) is 1.06. The van der Waals surface area contributed by atoms with Crippen LogP contribution in [0.15, 0.2) is 10.2 Å². The number of hydrogen-bond acceptors (Lipinski definition) is 2. The summed E-state index contributed by atoms with van der Waals surface area (Å²) < 4.78 is 0. The molecule has 0 aromatic carbocycles. The van der Waals surface area contributed by atoms with Crippen molar-refractivity contribution in [3.8, 4) is 0 Å². The first-order valence-corrected chi connectivity index (χ1v) is 2.80. The predicted molar refractivity (Wildman–Crippen MR) is 37.6 cm³/mol. The van der Waals surface area contributed by atoms with E-state index in [9.17, 15) is 0 Å². The van der Waals surface area contributed by atoms with Gasteiger partial charge in [-0.1, -0.05) is 13.3 Å². The average Bonchev–Trinajstić information content (AvgIpc) is 1.68. The molecule has 0 saturated heterocycles. The molecular weight excluding hydrogens is 100 g/mol. The van der Waals surface area contributed by atoms with E-state index < -0.39 is 0 Å². The molecule has 0 unspecified atom stereocenters. The van der Waals surface area contributed by atoms with E-state index in [2.05, 4.69) is 23.8 Å². The molecule has 8 heavy (non-hydrogen) atoms. The summed E-state index contributed by atoms with van der Waals surface area (Å²) in [5, 5.41) is 7.14. The molecule has 0 amide bonds. The second kappa shape index (κ2) is 4.50. The van der Waals surface area contributed by atoms with Crippen LogP contribution in [0.3, 0.4) is 0 Å². The van der Waals surface area contributed by atoms with Crippen LogP contribution in [0.4, 0.5) is 0 Å². The molecule has 46 valence electrons. The summed E-state index contributed by atoms with van der Waals surface area (Å²) in [4.78, 5) is 0. The number of nitrogens with zero attached hydrogens (tertiary/aromatic N) is 2. The van der Waals surface area contributed by atoms with E-state index in [-0.39, 0.29) is 0 Å². The fourth-order valence-electron chi connectivity index (χ4n) is 0.533. The molecule has 0 radical (unpaired) electrons. The lowest BCUT2D eigenvalue weighted by molar-refractivity contribution is 0.978. The predicted octanol–water partition coefficient (Wildman–Crippen LogP) is 1.86. The third-order valence-corrected chi connectivity index (χ3v) is 0.853. The Hall–Kier alpha value is -0.660. The normalized spacial score (nSPS) is 11.5. The standard InChI is InChI=1S/C6H12N2/c1-4-5-6(2)8-7-3/h3-5H2,1-2H3/b8-6-. The molecule has 0 N–H and O–H groups in total. The third-order valence-electron chi connectivity index (χ3n) is 0.853. The van der Waals surface area contributed by atoms with Crippen molar-refractivity contribution < 1.29 is 0 Å². The molecular formula is C6H12N2. The summed E-state index contributed by atoms with van der Waals surface area (Å²) in [6, 6.07) is 0. The van der Waals surface area contributed by atoms with E-state index in [1.807, 2.05) is 6.92 Å². The van der Waals surface area contributed by atoms with Crippen LogP contribution in [0, 0.1) is 0 Å². The molecule has 0 aliphatic rings. The first kappa shape index (κ1) is 7.34. The van der Waals surface area contributed by atoms with Crippen LogP contribution in [0.5, 0.6) is 0 Å². The van der Waals surface area contributed by atoms with E-state index in [0.29, 0.717) is 0 Å². The Balaban J connectivity index is 3.44. The molecule has 0 rings (SSSR count). The topological polar surface area (TPSA) is 24.7 Å². The van der Waals surface area contributed by atoms with E-state index >= 15 is 0 Å². The summed E-state index contributed by atoms with van der Waals surface area (Å²) >= 11 is 0. The zero-order valence-corrected chi connectivity index (χ0v) is 5.52. The smallest absolute Gasteiger partial charge is 0.0374 e. The van der Waals surface area contributed by atoms with Crippen molar-refractivity contribution in [3.63, 3.8) is 0 Å². The first-order valence-electron chi connectivity index (χ1n) is 2.80. The van der Waals surface area contributed by atoms with Gasteiger partial charge in [0, 0.05) is 12.4 Å². The van der Waals surface area contributed by atoms with Crippen molar-refractivity contribution in [1.29, 1.82) is 0 Å². The van der Waals surface area contributed by atoms with E-state index in [1.165, 1.54) is 0 Å². The Morgan fingerprint density at radius 1 is 1.62 bits per heavy atom. The molecule has 2 heteroatoms. The maximum atomic E-state index is 3.74. The summed E-state index contributed by atoms with van der Waals surface area (Å²) in [6.07, 6.45) is 2.16. The van der Waals surface area contributed by atoms with Crippen molar-refractivity contribution >= 4 is 12.4 Å². The van der Waals surface area contributed by atoms with Gasteiger partial charge in [0.25, 0.3) is 0 Å². The highest BCUT2D eigenvalue weighted by molar-refractivity contribution is 5.81. The Bertz CT molecular complexity index is 94.7. The molecule has 0 aromatic heterocycles. The lowest BCUT2D eigenvalue weighted by atomic mass is 10.2.